The first-order chi connectivity index (χ1) is 8.66. The molecule has 0 aromatic carbocycles. The van der Waals surface area contributed by atoms with Gasteiger partial charge in [0, 0.05) is 50.5 Å². The molecule has 0 amide bonds. The van der Waals surface area contributed by atoms with E-state index in [4.69, 9.17) is 0 Å². The van der Waals surface area contributed by atoms with Gasteiger partial charge in [0.05, 0.1) is 0 Å². The normalized spacial score (nSPS) is 20.2. The van der Waals surface area contributed by atoms with Gasteiger partial charge in [0.25, 0.3) is 0 Å². The van der Waals surface area contributed by atoms with Crippen molar-refractivity contribution in [2.45, 2.75) is 45.2 Å². The summed E-state index contributed by atoms with van der Waals surface area (Å²) in [6.45, 7) is 8.07. The number of aromatic nitrogens is 2. The summed E-state index contributed by atoms with van der Waals surface area (Å²) in [7, 11) is 2.02. The van der Waals surface area contributed by atoms with Crippen LogP contribution in [0.15, 0.2) is 12.3 Å². The van der Waals surface area contributed by atoms with Crippen LogP contribution >= 0.6 is 0 Å². The average Bonchev–Trinajstić information content (AvgIpc) is 2.96. The van der Waals surface area contributed by atoms with Crippen LogP contribution in [0, 0.1) is 0 Å². The van der Waals surface area contributed by atoms with Crippen LogP contribution in [-0.2, 0) is 13.5 Å². The van der Waals surface area contributed by atoms with Crippen molar-refractivity contribution < 1.29 is 0 Å². The van der Waals surface area contributed by atoms with Gasteiger partial charge in [-0.25, -0.2) is 0 Å². The molecule has 1 fully saturated rings. The SMILES string of the molecule is CC(C)N(CCc1ccnn1C)CC1CCCN1. The molecule has 4 heteroatoms. The Morgan fingerprint density at radius 2 is 2.39 bits per heavy atom. The van der Waals surface area contributed by atoms with Gasteiger partial charge in [-0.05, 0) is 39.3 Å². The van der Waals surface area contributed by atoms with Crippen molar-refractivity contribution in [2.24, 2.45) is 7.05 Å². The first-order valence-electron chi connectivity index (χ1n) is 7.11. The van der Waals surface area contributed by atoms with Crippen LogP contribution in [-0.4, -0.2) is 46.4 Å². The molecule has 0 radical (unpaired) electrons. The van der Waals surface area contributed by atoms with E-state index in [2.05, 4.69) is 35.2 Å². The van der Waals surface area contributed by atoms with Crippen LogP contribution in [0.5, 0.6) is 0 Å². The monoisotopic (exact) mass is 250 g/mol. The number of rotatable bonds is 6. The molecule has 0 bridgehead atoms. The summed E-state index contributed by atoms with van der Waals surface area (Å²) in [4.78, 5) is 2.58. The summed E-state index contributed by atoms with van der Waals surface area (Å²) in [5.74, 6) is 0. The zero-order chi connectivity index (χ0) is 13.0. The van der Waals surface area contributed by atoms with Gasteiger partial charge in [0.2, 0.25) is 0 Å². The summed E-state index contributed by atoms with van der Waals surface area (Å²) in [6, 6.07) is 3.42. The maximum absolute atomic E-state index is 4.23. The molecule has 102 valence electrons. The number of nitrogens with one attached hydrogen (secondary N) is 1. The lowest BCUT2D eigenvalue weighted by Crippen LogP contribution is -2.42. The molecular weight excluding hydrogens is 224 g/mol. The van der Waals surface area contributed by atoms with Gasteiger partial charge in [0.1, 0.15) is 0 Å². The first kappa shape index (κ1) is 13.6. The quantitative estimate of drug-likeness (QED) is 0.829. The molecule has 1 aliphatic heterocycles. The third-order valence-electron chi connectivity index (χ3n) is 3.93. The van der Waals surface area contributed by atoms with E-state index in [9.17, 15) is 0 Å². The number of hydrogen-bond acceptors (Lipinski definition) is 3. The van der Waals surface area contributed by atoms with E-state index in [1.165, 1.54) is 31.6 Å². The third-order valence-corrected chi connectivity index (χ3v) is 3.93. The van der Waals surface area contributed by atoms with E-state index >= 15 is 0 Å². The molecule has 0 aliphatic carbocycles. The Bertz CT molecular complexity index is 352. The fourth-order valence-corrected chi connectivity index (χ4v) is 2.66. The number of hydrogen-bond donors (Lipinski definition) is 1. The van der Waals surface area contributed by atoms with Crippen molar-refractivity contribution in [1.29, 1.82) is 0 Å². The highest BCUT2D eigenvalue weighted by atomic mass is 15.3. The van der Waals surface area contributed by atoms with E-state index in [1.807, 2.05) is 17.9 Å². The minimum atomic E-state index is 0.612. The Balaban J connectivity index is 1.84. The number of nitrogens with zero attached hydrogens (tertiary/aromatic N) is 3. The third kappa shape index (κ3) is 3.56. The fourth-order valence-electron chi connectivity index (χ4n) is 2.66. The van der Waals surface area contributed by atoms with Gasteiger partial charge in [-0.1, -0.05) is 0 Å². The van der Waals surface area contributed by atoms with Gasteiger partial charge in [-0.2, -0.15) is 5.10 Å². The molecule has 1 aromatic heterocycles. The number of aryl methyl sites for hydroxylation is 1. The molecule has 2 heterocycles. The van der Waals surface area contributed by atoms with E-state index in [0.717, 1.165) is 13.0 Å². The Morgan fingerprint density at radius 3 is 2.94 bits per heavy atom. The molecule has 0 saturated carbocycles. The van der Waals surface area contributed by atoms with Crippen molar-refractivity contribution >= 4 is 0 Å². The molecule has 18 heavy (non-hydrogen) atoms. The fraction of sp³-hybridized carbons (Fsp3) is 0.786. The van der Waals surface area contributed by atoms with Gasteiger partial charge in [0.15, 0.2) is 0 Å². The van der Waals surface area contributed by atoms with Crippen molar-refractivity contribution in [3.05, 3.63) is 18.0 Å². The first-order valence-corrected chi connectivity index (χ1v) is 7.11. The second-order valence-corrected chi connectivity index (χ2v) is 5.58. The lowest BCUT2D eigenvalue weighted by Gasteiger charge is -2.29. The minimum absolute atomic E-state index is 0.612. The molecule has 1 N–H and O–H groups in total. The standard InChI is InChI=1S/C14H26N4/c1-12(2)18(11-13-5-4-8-15-13)10-7-14-6-9-16-17(14)3/h6,9,12-13,15H,4-5,7-8,10-11H2,1-3H3. The maximum atomic E-state index is 4.23. The van der Waals surface area contributed by atoms with Crippen LogP contribution in [0.25, 0.3) is 0 Å². The molecule has 1 aromatic rings. The van der Waals surface area contributed by atoms with Crippen molar-refractivity contribution in [3.8, 4) is 0 Å². The van der Waals surface area contributed by atoms with Gasteiger partial charge < -0.3 is 5.32 Å². The molecule has 1 unspecified atom stereocenters. The smallest absolute Gasteiger partial charge is 0.0492 e. The summed E-state index contributed by atoms with van der Waals surface area (Å²) in [5, 5.41) is 7.82. The highest BCUT2D eigenvalue weighted by Crippen LogP contribution is 2.10. The second-order valence-electron chi connectivity index (χ2n) is 5.58. The Kier molecular flexibility index (Phi) is 4.78. The predicted octanol–water partition coefficient (Wildman–Crippen LogP) is 1.43. The molecule has 4 nitrogen and oxygen atoms in total. The zero-order valence-corrected chi connectivity index (χ0v) is 11.9. The molecule has 1 atom stereocenters. The lowest BCUT2D eigenvalue weighted by atomic mass is 10.1. The van der Waals surface area contributed by atoms with E-state index in [1.54, 1.807) is 0 Å². The van der Waals surface area contributed by atoms with Crippen molar-refractivity contribution in [2.75, 3.05) is 19.6 Å². The summed E-state index contributed by atoms with van der Waals surface area (Å²) in [5.41, 5.74) is 1.32. The Hall–Kier alpha value is -0.870. The largest absolute Gasteiger partial charge is 0.313 e. The summed E-state index contributed by atoms with van der Waals surface area (Å²) in [6.07, 6.45) is 5.63. The lowest BCUT2D eigenvalue weighted by molar-refractivity contribution is 0.204. The molecule has 2 rings (SSSR count). The van der Waals surface area contributed by atoms with Gasteiger partial charge >= 0.3 is 0 Å². The maximum Gasteiger partial charge on any atom is 0.0492 e. The summed E-state index contributed by atoms with van der Waals surface area (Å²) >= 11 is 0. The van der Waals surface area contributed by atoms with Gasteiger partial charge in [-0.15, -0.1) is 0 Å². The molecular formula is C14H26N4. The van der Waals surface area contributed by atoms with Crippen molar-refractivity contribution in [1.82, 2.24) is 20.0 Å². The van der Waals surface area contributed by atoms with Crippen LogP contribution in [0.4, 0.5) is 0 Å². The highest BCUT2D eigenvalue weighted by molar-refractivity contribution is 5.00. The van der Waals surface area contributed by atoms with Crippen LogP contribution < -0.4 is 5.32 Å². The summed E-state index contributed by atoms with van der Waals surface area (Å²) < 4.78 is 1.98. The zero-order valence-electron chi connectivity index (χ0n) is 11.9. The Morgan fingerprint density at radius 1 is 1.56 bits per heavy atom. The Labute approximate surface area is 110 Å². The van der Waals surface area contributed by atoms with Gasteiger partial charge in [-0.3, -0.25) is 9.58 Å². The van der Waals surface area contributed by atoms with Crippen LogP contribution in [0.1, 0.15) is 32.4 Å². The van der Waals surface area contributed by atoms with E-state index in [0.29, 0.717) is 12.1 Å². The molecule has 1 saturated heterocycles. The van der Waals surface area contributed by atoms with E-state index < -0.39 is 0 Å². The minimum Gasteiger partial charge on any atom is -0.313 e. The predicted molar refractivity (Wildman–Crippen MR) is 74.6 cm³/mol. The average molecular weight is 250 g/mol. The van der Waals surface area contributed by atoms with Crippen molar-refractivity contribution in [3.63, 3.8) is 0 Å². The van der Waals surface area contributed by atoms with Crippen LogP contribution in [0.3, 0.4) is 0 Å². The van der Waals surface area contributed by atoms with E-state index in [-0.39, 0.29) is 0 Å². The topological polar surface area (TPSA) is 33.1 Å². The van der Waals surface area contributed by atoms with Crippen LogP contribution in [0.2, 0.25) is 0 Å². The second kappa shape index (κ2) is 6.34. The molecule has 0 spiro atoms. The highest BCUT2D eigenvalue weighted by Gasteiger charge is 2.19. The molecule has 1 aliphatic rings.